The number of nitrogens with two attached hydrogens (primary N) is 1. The number of hydroxylamine groups is 2. The molecule has 2 aliphatic rings. The average Bonchev–Trinajstić information content (AvgIpc) is 2.98. The van der Waals surface area contributed by atoms with Crippen molar-refractivity contribution in [2.24, 2.45) is 5.73 Å². The molecule has 2 unspecified atom stereocenters. The van der Waals surface area contributed by atoms with Crippen molar-refractivity contribution in [2.75, 3.05) is 6.54 Å². The van der Waals surface area contributed by atoms with Gasteiger partial charge in [-0.1, -0.05) is 0 Å². The van der Waals surface area contributed by atoms with Crippen molar-refractivity contribution in [3.05, 3.63) is 11.8 Å². The summed E-state index contributed by atoms with van der Waals surface area (Å²) in [5.41, 5.74) is 5.39. The SMILES string of the molecule is NCc1nnc(C2CCC3CN2C(=O)N3OS(=O)(=O)O)o1. The zero-order chi connectivity index (χ0) is 15.2. The lowest BCUT2D eigenvalue weighted by Crippen LogP contribution is -2.35. The van der Waals surface area contributed by atoms with Crippen LogP contribution in [0.4, 0.5) is 4.79 Å². The Hall–Kier alpha value is -1.76. The Morgan fingerprint density at radius 1 is 1.43 bits per heavy atom. The van der Waals surface area contributed by atoms with Crippen molar-refractivity contribution >= 4 is 16.4 Å². The third kappa shape index (κ3) is 2.57. The van der Waals surface area contributed by atoms with Crippen LogP contribution in [0.2, 0.25) is 0 Å². The Bertz CT molecular complexity index is 659. The number of fused-ring (bicyclic) bond motifs is 2. The average molecular weight is 319 g/mol. The Kier molecular flexibility index (Phi) is 3.32. The van der Waals surface area contributed by atoms with Gasteiger partial charge in [0.2, 0.25) is 11.8 Å². The van der Waals surface area contributed by atoms with Gasteiger partial charge < -0.3 is 15.1 Å². The minimum absolute atomic E-state index is 0.0916. The van der Waals surface area contributed by atoms with Crippen LogP contribution >= 0.6 is 0 Å². The summed E-state index contributed by atoms with van der Waals surface area (Å²) in [6, 6.07) is -1.59. The monoisotopic (exact) mass is 319 g/mol. The van der Waals surface area contributed by atoms with Gasteiger partial charge in [-0.2, -0.15) is 13.5 Å². The number of amides is 2. The van der Waals surface area contributed by atoms with Crippen molar-refractivity contribution in [2.45, 2.75) is 31.5 Å². The van der Waals surface area contributed by atoms with E-state index in [4.69, 9.17) is 14.7 Å². The van der Waals surface area contributed by atoms with Crippen LogP contribution in [0, 0.1) is 0 Å². The van der Waals surface area contributed by atoms with Gasteiger partial charge in [0.15, 0.2) is 0 Å². The van der Waals surface area contributed by atoms with Crippen molar-refractivity contribution < 1.29 is 26.5 Å². The summed E-state index contributed by atoms with van der Waals surface area (Å²) in [6.07, 6.45) is 0.983. The number of aromatic nitrogens is 2. The molecular formula is C9H13N5O6S. The fourth-order valence-electron chi connectivity index (χ4n) is 2.57. The van der Waals surface area contributed by atoms with E-state index in [0.717, 1.165) is 0 Å². The van der Waals surface area contributed by atoms with Crippen LogP contribution in [0.1, 0.15) is 30.7 Å². The molecule has 116 valence electrons. The third-order valence-corrected chi connectivity index (χ3v) is 3.79. The van der Waals surface area contributed by atoms with E-state index in [-0.39, 0.29) is 24.9 Å². The van der Waals surface area contributed by atoms with Crippen molar-refractivity contribution in [1.82, 2.24) is 20.2 Å². The highest BCUT2D eigenvalue weighted by Crippen LogP contribution is 2.38. The predicted octanol–water partition coefficient (Wildman–Crippen LogP) is -0.796. The standard InChI is InChI=1S/C9H13N5O6S/c10-3-7-11-12-8(19-7)6-2-1-5-4-13(6)9(15)14(5)20-21(16,17)18/h5-6H,1-4,10H2,(H,16,17,18). The number of piperidine rings is 1. The van der Waals surface area contributed by atoms with Gasteiger partial charge in [0.05, 0.1) is 12.6 Å². The summed E-state index contributed by atoms with van der Waals surface area (Å²) in [7, 11) is -4.75. The Labute approximate surface area is 119 Å². The first-order valence-electron chi connectivity index (χ1n) is 6.18. The van der Waals surface area contributed by atoms with Crippen LogP contribution in [0.15, 0.2) is 4.42 Å². The Morgan fingerprint density at radius 2 is 2.19 bits per heavy atom. The Balaban J connectivity index is 1.82. The molecule has 0 aliphatic carbocycles. The fourth-order valence-corrected chi connectivity index (χ4v) is 2.96. The topological polar surface area (TPSA) is 152 Å². The van der Waals surface area contributed by atoms with Crippen LogP contribution < -0.4 is 5.73 Å². The molecule has 1 aromatic heterocycles. The van der Waals surface area contributed by atoms with Crippen LogP contribution in [-0.2, 0) is 21.2 Å². The largest absolute Gasteiger partial charge is 0.422 e. The highest BCUT2D eigenvalue weighted by molar-refractivity contribution is 7.80. The lowest BCUT2D eigenvalue weighted by Gasteiger charge is -2.27. The van der Waals surface area contributed by atoms with Gasteiger partial charge in [0.1, 0.15) is 6.04 Å². The number of hydrogen-bond acceptors (Lipinski definition) is 8. The van der Waals surface area contributed by atoms with Crippen molar-refractivity contribution in [1.29, 1.82) is 0 Å². The zero-order valence-corrected chi connectivity index (χ0v) is 11.6. The number of rotatable bonds is 4. The molecule has 3 N–H and O–H groups in total. The number of urea groups is 1. The second-order valence-electron chi connectivity index (χ2n) is 4.75. The highest BCUT2D eigenvalue weighted by atomic mass is 32.3. The molecule has 0 spiro atoms. The minimum atomic E-state index is -4.75. The van der Waals surface area contributed by atoms with Crippen molar-refractivity contribution in [3.63, 3.8) is 0 Å². The second kappa shape index (κ2) is 4.91. The summed E-state index contributed by atoms with van der Waals surface area (Å²) in [5.74, 6) is 0.501. The number of nitrogens with zero attached hydrogens (tertiary/aromatic N) is 4. The number of carbonyl (C=O) groups excluding carboxylic acids is 1. The summed E-state index contributed by atoms with van der Waals surface area (Å²) < 4.78 is 39.9. The molecule has 3 rings (SSSR count). The Morgan fingerprint density at radius 3 is 2.81 bits per heavy atom. The van der Waals surface area contributed by atoms with E-state index in [1.54, 1.807) is 0 Å². The maximum atomic E-state index is 12.2. The predicted molar refractivity (Wildman–Crippen MR) is 64.5 cm³/mol. The minimum Gasteiger partial charge on any atom is -0.422 e. The zero-order valence-electron chi connectivity index (χ0n) is 10.7. The smallest absolute Gasteiger partial charge is 0.418 e. The second-order valence-corrected chi connectivity index (χ2v) is 5.75. The third-order valence-electron chi connectivity index (χ3n) is 3.44. The van der Waals surface area contributed by atoms with E-state index in [9.17, 15) is 13.2 Å². The van der Waals surface area contributed by atoms with E-state index in [1.165, 1.54) is 4.90 Å². The van der Waals surface area contributed by atoms with Gasteiger partial charge in [0, 0.05) is 6.54 Å². The van der Waals surface area contributed by atoms with E-state index >= 15 is 0 Å². The summed E-state index contributed by atoms with van der Waals surface area (Å²) >= 11 is 0. The molecule has 3 heterocycles. The van der Waals surface area contributed by atoms with Crippen LogP contribution in [0.3, 0.4) is 0 Å². The van der Waals surface area contributed by atoms with E-state index < -0.39 is 28.5 Å². The molecule has 2 saturated heterocycles. The summed E-state index contributed by atoms with van der Waals surface area (Å²) in [6.45, 7) is 0.341. The molecule has 0 saturated carbocycles. The van der Waals surface area contributed by atoms with E-state index in [1.807, 2.05) is 0 Å². The van der Waals surface area contributed by atoms with Crippen LogP contribution in [0.5, 0.6) is 0 Å². The van der Waals surface area contributed by atoms with Gasteiger partial charge in [-0.05, 0) is 12.8 Å². The lowest BCUT2D eigenvalue weighted by molar-refractivity contribution is -0.0317. The van der Waals surface area contributed by atoms with Crippen molar-refractivity contribution in [3.8, 4) is 0 Å². The first-order valence-corrected chi connectivity index (χ1v) is 7.54. The van der Waals surface area contributed by atoms with Gasteiger partial charge in [-0.3, -0.25) is 4.55 Å². The maximum Gasteiger partial charge on any atom is 0.418 e. The molecule has 11 nitrogen and oxygen atoms in total. The summed E-state index contributed by atoms with van der Waals surface area (Å²) in [5, 5.41) is 8.24. The van der Waals surface area contributed by atoms with Crippen LogP contribution in [-0.4, -0.2) is 51.7 Å². The van der Waals surface area contributed by atoms with E-state index in [2.05, 4.69) is 14.5 Å². The summed E-state index contributed by atoms with van der Waals surface area (Å²) in [4.78, 5) is 13.5. The molecule has 2 aliphatic heterocycles. The first-order chi connectivity index (χ1) is 9.89. The molecule has 12 heteroatoms. The normalized spacial score (nSPS) is 25.7. The molecule has 2 fully saturated rings. The molecule has 0 aromatic carbocycles. The molecule has 2 bridgehead atoms. The van der Waals surface area contributed by atoms with E-state index in [0.29, 0.717) is 17.9 Å². The van der Waals surface area contributed by atoms with Gasteiger partial charge >= 0.3 is 16.4 Å². The molecule has 2 atom stereocenters. The van der Waals surface area contributed by atoms with Gasteiger partial charge in [-0.25, -0.2) is 4.79 Å². The fraction of sp³-hybridized carbons (Fsp3) is 0.667. The molecule has 2 amide bonds. The molecular weight excluding hydrogens is 306 g/mol. The first kappa shape index (κ1) is 14.2. The molecule has 21 heavy (non-hydrogen) atoms. The number of carbonyl (C=O) groups is 1. The van der Waals surface area contributed by atoms with Crippen LogP contribution in [0.25, 0.3) is 0 Å². The highest BCUT2D eigenvalue weighted by Gasteiger charge is 2.49. The molecule has 1 aromatic rings. The van der Waals surface area contributed by atoms with Gasteiger partial charge in [0.25, 0.3) is 0 Å². The van der Waals surface area contributed by atoms with Gasteiger partial charge in [-0.15, -0.1) is 14.5 Å². The maximum absolute atomic E-state index is 12.2. The quantitative estimate of drug-likeness (QED) is 0.679. The lowest BCUT2D eigenvalue weighted by atomic mass is 10.0. The molecule has 0 radical (unpaired) electrons. The number of hydrogen-bond donors (Lipinski definition) is 2.